The third-order valence-electron chi connectivity index (χ3n) is 3.05. The van der Waals surface area contributed by atoms with Crippen LogP contribution in [-0.4, -0.2) is 12.3 Å². The minimum Gasteiger partial charge on any atom is -0.398 e. The van der Waals surface area contributed by atoms with Gasteiger partial charge in [-0.05, 0) is 26.0 Å². The summed E-state index contributed by atoms with van der Waals surface area (Å²) in [7, 11) is 0. The Morgan fingerprint density at radius 1 is 1.16 bits per heavy atom. The highest BCUT2D eigenvalue weighted by atomic mass is 14.9. The Bertz CT molecular complexity index is 585. The van der Waals surface area contributed by atoms with Crippen LogP contribution in [0.2, 0.25) is 0 Å². The summed E-state index contributed by atoms with van der Waals surface area (Å²) >= 11 is 0. The van der Waals surface area contributed by atoms with Crippen molar-refractivity contribution in [2.75, 3.05) is 17.6 Å². The van der Waals surface area contributed by atoms with Gasteiger partial charge in [0.05, 0.1) is 5.71 Å². The Labute approximate surface area is 114 Å². The smallest absolute Gasteiger partial charge is 0.0726 e. The zero-order valence-electron chi connectivity index (χ0n) is 11.3. The Hall–Kier alpha value is -2.29. The van der Waals surface area contributed by atoms with E-state index in [-0.39, 0.29) is 0 Å². The Morgan fingerprint density at radius 2 is 1.84 bits per heavy atom. The predicted molar refractivity (Wildman–Crippen MR) is 82.1 cm³/mol. The number of nitrogen functional groups attached to an aromatic ring is 1. The zero-order chi connectivity index (χ0) is 13.8. The fourth-order valence-electron chi connectivity index (χ4n) is 2.05. The normalized spacial score (nSPS) is 10.2. The largest absolute Gasteiger partial charge is 0.398 e. The standard InChI is InChI=1S/C16H19N3/c1-3-19-14-6-4-5-13(17)15(14)16(18)12-9-7-11(2)8-10-12/h4-10,18-19H,3,17H2,1-2H3. The van der Waals surface area contributed by atoms with Gasteiger partial charge in [0.25, 0.3) is 0 Å². The van der Waals surface area contributed by atoms with Crippen LogP contribution >= 0.6 is 0 Å². The maximum absolute atomic E-state index is 8.38. The van der Waals surface area contributed by atoms with Crippen molar-refractivity contribution in [1.82, 2.24) is 0 Å². The minimum atomic E-state index is 0.453. The van der Waals surface area contributed by atoms with Crippen LogP contribution in [0.4, 0.5) is 11.4 Å². The molecule has 19 heavy (non-hydrogen) atoms. The second-order valence-electron chi connectivity index (χ2n) is 4.54. The van der Waals surface area contributed by atoms with Crippen molar-refractivity contribution in [3.63, 3.8) is 0 Å². The molecule has 3 nitrogen and oxygen atoms in total. The number of aryl methyl sites for hydroxylation is 1. The van der Waals surface area contributed by atoms with Crippen molar-refractivity contribution in [2.45, 2.75) is 13.8 Å². The molecule has 2 aromatic rings. The van der Waals surface area contributed by atoms with Gasteiger partial charge in [-0.2, -0.15) is 0 Å². The van der Waals surface area contributed by atoms with E-state index >= 15 is 0 Å². The first-order valence-corrected chi connectivity index (χ1v) is 6.41. The lowest BCUT2D eigenvalue weighted by atomic mass is 9.98. The van der Waals surface area contributed by atoms with E-state index in [1.165, 1.54) is 5.56 Å². The van der Waals surface area contributed by atoms with Crippen LogP contribution < -0.4 is 11.1 Å². The molecule has 0 aromatic heterocycles. The molecule has 0 bridgehead atoms. The second-order valence-corrected chi connectivity index (χ2v) is 4.54. The highest BCUT2D eigenvalue weighted by Crippen LogP contribution is 2.25. The van der Waals surface area contributed by atoms with Crippen LogP contribution in [0.3, 0.4) is 0 Å². The molecule has 2 rings (SSSR count). The number of rotatable bonds is 4. The average Bonchev–Trinajstić information content (AvgIpc) is 2.39. The SMILES string of the molecule is CCNc1cccc(N)c1C(=N)c1ccc(C)cc1. The van der Waals surface area contributed by atoms with E-state index in [2.05, 4.69) is 5.32 Å². The molecule has 0 unspecified atom stereocenters. The number of anilines is 2. The van der Waals surface area contributed by atoms with Gasteiger partial charge >= 0.3 is 0 Å². The number of benzene rings is 2. The van der Waals surface area contributed by atoms with Crippen LogP contribution in [-0.2, 0) is 0 Å². The first kappa shape index (κ1) is 13.1. The first-order chi connectivity index (χ1) is 9.13. The van der Waals surface area contributed by atoms with Gasteiger partial charge in [0, 0.05) is 29.0 Å². The molecule has 0 radical (unpaired) electrons. The van der Waals surface area contributed by atoms with Gasteiger partial charge in [0.15, 0.2) is 0 Å². The lowest BCUT2D eigenvalue weighted by molar-refractivity contribution is 1.21. The zero-order valence-corrected chi connectivity index (χ0v) is 11.3. The predicted octanol–water partition coefficient (Wildman–Crippen LogP) is 3.43. The van der Waals surface area contributed by atoms with Crippen LogP contribution in [0.15, 0.2) is 42.5 Å². The summed E-state index contributed by atoms with van der Waals surface area (Å²) in [6.07, 6.45) is 0. The van der Waals surface area contributed by atoms with Crippen molar-refractivity contribution in [3.8, 4) is 0 Å². The number of nitrogens with two attached hydrogens (primary N) is 1. The summed E-state index contributed by atoms with van der Waals surface area (Å²) in [5.74, 6) is 0. The lowest BCUT2D eigenvalue weighted by Crippen LogP contribution is -2.10. The van der Waals surface area contributed by atoms with Crippen molar-refractivity contribution >= 4 is 17.1 Å². The molecule has 2 aromatic carbocycles. The van der Waals surface area contributed by atoms with Gasteiger partial charge in [-0.3, -0.25) is 5.41 Å². The monoisotopic (exact) mass is 253 g/mol. The molecule has 0 fully saturated rings. The van der Waals surface area contributed by atoms with Gasteiger partial charge in [-0.15, -0.1) is 0 Å². The summed E-state index contributed by atoms with van der Waals surface area (Å²) in [5.41, 5.74) is 10.9. The summed E-state index contributed by atoms with van der Waals surface area (Å²) < 4.78 is 0. The number of hydrogen-bond acceptors (Lipinski definition) is 3. The molecule has 98 valence electrons. The van der Waals surface area contributed by atoms with E-state index in [1.807, 2.05) is 56.3 Å². The topological polar surface area (TPSA) is 61.9 Å². The van der Waals surface area contributed by atoms with E-state index in [4.69, 9.17) is 11.1 Å². The maximum atomic E-state index is 8.38. The van der Waals surface area contributed by atoms with Crippen molar-refractivity contribution in [1.29, 1.82) is 5.41 Å². The van der Waals surface area contributed by atoms with Crippen molar-refractivity contribution in [2.24, 2.45) is 0 Å². The minimum absolute atomic E-state index is 0.453. The Balaban J connectivity index is 2.46. The summed E-state index contributed by atoms with van der Waals surface area (Å²) in [6, 6.07) is 13.6. The van der Waals surface area contributed by atoms with Crippen LogP contribution in [0, 0.1) is 12.3 Å². The van der Waals surface area contributed by atoms with E-state index in [9.17, 15) is 0 Å². The quantitative estimate of drug-likeness (QED) is 0.577. The molecule has 0 spiro atoms. The van der Waals surface area contributed by atoms with Gasteiger partial charge in [-0.25, -0.2) is 0 Å². The van der Waals surface area contributed by atoms with Gasteiger partial charge < -0.3 is 11.1 Å². The highest BCUT2D eigenvalue weighted by molar-refractivity contribution is 6.17. The van der Waals surface area contributed by atoms with E-state index in [1.54, 1.807) is 0 Å². The second kappa shape index (κ2) is 5.57. The third kappa shape index (κ3) is 2.76. The third-order valence-corrected chi connectivity index (χ3v) is 3.05. The Morgan fingerprint density at radius 3 is 2.47 bits per heavy atom. The molecule has 0 saturated heterocycles. The Kier molecular flexibility index (Phi) is 3.85. The fraction of sp³-hybridized carbons (Fsp3) is 0.188. The molecule has 0 aliphatic carbocycles. The molecule has 0 aliphatic heterocycles. The lowest BCUT2D eigenvalue weighted by Gasteiger charge is -2.14. The average molecular weight is 253 g/mol. The molecular weight excluding hydrogens is 234 g/mol. The van der Waals surface area contributed by atoms with Crippen LogP contribution in [0.5, 0.6) is 0 Å². The van der Waals surface area contributed by atoms with Gasteiger partial charge in [0.2, 0.25) is 0 Å². The van der Waals surface area contributed by atoms with Gasteiger partial charge in [0.1, 0.15) is 0 Å². The molecule has 3 heteroatoms. The van der Waals surface area contributed by atoms with Crippen molar-refractivity contribution < 1.29 is 0 Å². The maximum Gasteiger partial charge on any atom is 0.0726 e. The molecule has 0 amide bonds. The molecule has 0 aliphatic rings. The van der Waals surface area contributed by atoms with Crippen molar-refractivity contribution in [3.05, 3.63) is 59.2 Å². The van der Waals surface area contributed by atoms with Crippen LogP contribution in [0.25, 0.3) is 0 Å². The molecule has 0 atom stereocenters. The summed E-state index contributed by atoms with van der Waals surface area (Å²) in [4.78, 5) is 0. The summed E-state index contributed by atoms with van der Waals surface area (Å²) in [6.45, 7) is 4.87. The molecule has 0 saturated carbocycles. The number of nitrogens with one attached hydrogen (secondary N) is 2. The molecule has 4 N–H and O–H groups in total. The molecular formula is C16H19N3. The van der Waals surface area contributed by atoms with Crippen LogP contribution in [0.1, 0.15) is 23.6 Å². The van der Waals surface area contributed by atoms with Gasteiger partial charge in [-0.1, -0.05) is 35.9 Å². The summed E-state index contributed by atoms with van der Waals surface area (Å²) in [5, 5.41) is 11.6. The van der Waals surface area contributed by atoms with E-state index in [0.29, 0.717) is 11.4 Å². The molecule has 0 heterocycles. The fourth-order valence-corrected chi connectivity index (χ4v) is 2.05. The van der Waals surface area contributed by atoms with E-state index < -0.39 is 0 Å². The number of hydrogen-bond donors (Lipinski definition) is 3. The highest BCUT2D eigenvalue weighted by Gasteiger charge is 2.12. The first-order valence-electron chi connectivity index (χ1n) is 6.41. The van der Waals surface area contributed by atoms with E-state index in [0.717, 1.165) is 23.4 Å².